The summed E-state index contributed by atoms with van der Waals surface area (Å²) >= 11 is 5.84. The number of hydrogen-bond donors (Lipinski definition) is 1. The highest BCUT2D eigenvalue weighted by Crippen LogP contribution is 2.40. The van der Waals surface area contributed by atoms with Crippen LogP contribution in [0.3, 0.4) is 0 Å². The Morgan fingerprint density at radius 3 is 2.71 bits per heavy atom. The SMILES string of the molecule is Cc1cc(N2C[C@H]3CC[C@@H](C2)[C@H]3Nc2nc(Oc3cccc(Cl)c3F)n(C)n2)ncn1. The van der Waals surface area contributed by atoms with E-state index < -0.39 is 5.82 Å². The highest BCUT2D eigenvalue weighted by Gasteiger charge is 2.43. The number of rotatable bonds is 5. The van der Waals surface area contributed by atoms with Crippen LogP contribution in [0.1, 0.15) is 18.5 Å². The van der Waals surface area contributed by atoms with Gasteiger partial charge in [-0.3, -0.25) is 0 Å². The van der Waals surface area contributed by atoms with Gasteiger partial charge in [0.05, 0.1) is 5.02 Å². The fourth-order valence-corrected chi connectivity index (χ4v) is 4.76. The van der Waals surface area contributed by atoms with Crippen LogP contribution < -0.4 is 15.0 Å². The normalized spacial score (nSPS) is 22.6. The number of aromatic nitrogens is 5. The third-order valence-corrected chi connectivity index (χ3v) is 6.38. The van der Waals surface area contributed by atoms with Crippen molar-refractivity contribution in [2.75, 3.05) is 23.3 Å². The van der Waals surface area contributed by atoms with Crippen molar-refractivity contribution < 1.29 is 9.13 Å². The number of ether oxygens (including phenoxy) is 1. The van der Waals surface area contributed by atoms with Gasteiger partial charge in [-0.05, 0) is 43.7 Å². The lowest BCUT2D eigenvalue weighted by Crippen LogP contribution is -2.48. The second-order valence-electron chi connectivity index (χ2n) is 8.19. The van der Waals surface area contributed by atoms with E-state index >= 15 is 0 Å². The molecule has 2 aliphatic rings. The highest BCUT2D eigenvalue weighted by molar-refractivity contribution is 6.30. The lowest BCUT2D eigenvalue weighted by molar-refractivity contribution is 0.374. The highest BCUT2D eigenvalue weighted by atomic mass is 35.5. The second-order valence-corrected chi connectivity index (χ2v) is 8.59. The summed E-state index contributed by atoms with van der Waals surface area (Å²) < 4.78 is 21.3. The zero-order valence-electron chi connectivity index (χ0n) is 17.3. The van der Waals surface area contributed by atoms with Crippen molar-refractivity contribution in [2.24, 2.45) is 18.9 Å². The van der Waals surface area contributed by atoms with E-state index in [2.05, 4.69) is 30.3 Å². The number of nitrogens with zero attached hydrogens (tertiary/aromatic N) is 6. The molecule has 0 unspecified atom stereocenters. The molecule has 162 valence electrons. The van der Waals surface area contributed by atoms with Crippen LogP contribution in [0.2, 0.25) is 5.02 Å². The predicted octanol–water partition coefficient (Wildman–Crippen LogP) is 3.83. The molecular weight excluding hydrogens is 421 g/mol. The Morgan fingerprint density at radius 2 is 1.97 bits per heavy atom. The van der Waals surface area contributed by atoms with Gasteiger partial charge < -0.3 is 15.0 Å². The van der Waals surface area contributed by atoms with Gasteiger partial charge in [0.25, 0.3) is 0 Å². The number of fused-ring (bicyclic) bond motifs is 2. The molecule has 0 spiro atoms. The van der Waals surface area contributed by atoms with Crippen LogP contribution in [-0.2, 0) is 7.05 Å². The summed E-state index contributed by atoms with van der Waals surface area (Å²) in [6.07, 6.45) is 3.92. The number of aryl methyl sites for hydroxylation is 2. The maximum atomic E-state index is 14.2. The molecule has 2 aromatic heterocycles. The van der Waals surface area contributed by atoms with E-state index in [-0.39, 0.29) is 22.8 Å². The third-order valence-electron chi connectivity index (χ3n) is 6.08. The van der Waals surface area contributed by atoms with Crippen molar-refractivity contribution in [3.63, 3.8) is 0 Å². The van der Waals surface area contributed by atoms with Crippen LogP contribution in [0.15, 0.2) is 30.6 Å². The van der Waals surface area contributed by atoms with Crippen LogP contribution in [-0.4, -0.2) is 43.9 Å². The summed E-state index contributed by atoms with van der Waals surface area (Å²) in [4.78, 5) is 15.4. The van der Waals surface area contributed by atoms with Crippen molar-refractivity contribution in [1.29, 1.82) is 0 Å². The first-order valence-corrected chi connectivity index (χ1v) is 10.7. The number of nitrogens with one attached hydrogen (secondary N) is 1. The summed E-state index contributed by atoms with van der Waals surface area (Å²) in [7, 11) is 1.71. The number of halogens is 2. The first-order valence-electron chi connectivity index (χ1n) is 10.3. The monoisotopic (exact) mass is 443 g/mol. The minimum absolute atomic E-state index is 0.000216. The van der Waals surface area contributed by atoms with Crippen LogP contribution in [0.4, 0.5) is 16.2 Å². The summed E-state index contributed by atoms with van der Waals surface area (Å²) in [5.74, 6) is 1.79. The lowest BCUT2D eigenvalue weighted by Gasteiger charge is -2.38. The van der Waals surface area contributed by atoms with Gasteiger partial charge in [-0.1, -0.05) is 17.7 Å². The quantitative estimate of drug-likeness (QED) is 0.641. The molecule has 1 saturated carbocycles. The standard InChI is InChI=1S/C21H23ClFN7O/c1-12-8-17(25-11-24-12)30-9-13-6-7-14(10-30)19(13)26-20-27-21(29(2)28-20)31-16-5-3-4-15(22)18(16)23/h3-5,8,11,13-14,19H,6-7,9-10H2,1-2H3,(H,26,28)/t13-,14+,19+. The van der Waals surface area contributed by atoms with Gasteiger partial charge in [0.1, 0.15) is 12.1 Å². The number of anilines is 2. The van der Waals surface area contributed by atoms with Crippen molar-refractivity contribution in [3.05, 3.63) is 47.1 Å². The number of hydrogen-bond acceptors (Lipinski definition) is 7. The summed E-state index contributed by atoms with van der Waals surface area (Å²) in [6, 6.07) is 7.11. The summed E-state index contributed by atoms with van der Waals surface area (Å²) in [5.41, 5.74) is 0.971. The maximum absolute atomic E-state index is 14.2. The predicted molar refractivity (Wildman–Crippen MR) is 115 cm³/mol. The van der Waals surface area contributed by atoms with E-state index in [1.807, 2.05) is 13.0 Å². The minimum atomic E-state index is -0.618. The van der Waals surface area contributed by atoms with Crippen LogP contribution >= 0.6 is 11.6 Å². The fraction of sp³-hybridized carbons (Fsp3) is 0.429. The Balaban J connectivity index is 1.29. The molecule has 2 fully saturated rings. The lowest BCUT2D eigenvalue weighted by atomic mass is 9.92. The summed E-state index contributed by atoms with van der Waals surface area (Å²) in [6.45, 7) is 3.83. The molecule has 10 heteroatoms. The first-order chi connectivity index (χ1) is 15.0. The van der Waals surface area contributed by atoms with Gasteiger partial charge in [0, 0.05) is 37.9 Å². The maximum Gasteiger partial charge on any atom is 0.322 e. The van der Waals surface area contributed by atoms with Gasteiger partial charge in [-0.25, -0.2) is 19.0 Å². The van der Waals surface area contributed by atoms with E-state index in [9.17, 15) is 4.39 Å². The molecule has 3 aromatic rings. The molecule has 5 rings (SSSR count). The van der Waals surface area contributed by atoms with E-state index in [4.69, 9.17) is 16.3 Å². The minimum Gasteiger partial charge on any atom is -0.421 e. The zero-order valence-corrected chi connectivity index (χ0v) is 18.1. The van der Waals surface area contributed by atoms with Crippen molar-refractivity contribution in [3.8, 4) is 11.8 Å². The van der Waals surface area contributed by atoms with Crippen molar-refractivity contribution >= 4 is 23.4 Å². The van der Waals surface area contributed by atoms with E-state index in [0.717, 1.165) is 37.4 Å². The molecule has 2 bridgehead atoms. The van der Waals surface area contributed by atoms with E-state index in [0.29, 0.717) is 17.8 Å². The topological polar surface area (TPSA) is 81.0 Å². The number of piperidine rings is 1. The Morgan fingerprint density at radius 1 is 1.19 bits per heavy atom. The Bertz CT molecular complexity index is 1090. The Labute approximate surface area is 184 Å². The Kier molecular flexibility index (Phi) is 5.13. The molecule has 3 heterocycles. The van der Waals surface area contributed by atoms with Crippen LogP contribution in [0, 0.1) is 24.6 Å². The van der Waals surface area contributed by atoms with Crippen LogP contribution in [0.5, 0.6) is 11.8 Å². The van der Waals surface area contributed by atoms with E-state index in [1.165, 1.54) is 16.8 Å². The largest absolute Gasteiger partial charge is 0.421 e. The van der Waals surface area contributed by atoms with Gasteiger partial charge in [-0.15, -0.1) is 5.10 Å². The smallest absolute Gasteiger partial charge is 0.322 e. The zero-order chi connectivity index (χ0) is 21.5. The van der Waals surface area contributed by atoms with Gasteiger partial charge in [-0.2, -0.15) is 4.98 Å². The van der Waals surface area contributed by atoms with E-state index in [1.54, 1.807) is 19.4 Å². The molecule has 1 aliphatic carbocycles. The molecule has 1 aromatic carbocycles. The summed E-state index contributed by atoms with van der Waals surface area (Å²) in [5, 5.41) is 7.92. The Hall–Kier alpha value is -2.94. The third kappa shape index (κ3) is 3.89. The molecule has 3 atom stereocenters. The molecule has 0 radical (unpaired) electrons. The molecule has 8 nitrogen and oxygen atoms in total. The van der Waals surface area contributed by atoms with Crippen molar-refractivity contribution in [1.82, 2.24) is 24.7 Å². The number of benzene rings is 1. The first kappa shape index (κ1) is 20.0. The molecular formula is C21H23ClFN7O. The molecule has 1 N–H and O–H groups in total. The second kappa shape index (κ2) is 7.96. The average Bonchev–Trinajstić information content (AvgIpc) is 3.19. The van der Waals surface area contributed by atoms with Gasteiger partial charge in [0.2, 0.25) is 5.95 Å². The molecule has 1 aliphatic heterocycles. The molecule has 0 amide bonds. The van der Waals surface area contributed by atoms with Crippen molar-refractivity contribution in [2.45, 2.75) is 25.8 Å². The van der Waals surface area contributed by atoms with Gasteiger partial charge >= 0.3 is 6.01 Å². The van der Waals surface area contributed by atoms with Crippen LogP contribution in [0.25, 0.3) is 0 Å². The average molecular weight is 444 g/mol. The fourth-order valence-electron chi connectivity index (χ4n) is 4.59. The molecule has 1 saturated heterocycles. The van der Waals surface area contributed by atoms with Gasteiger partial charge in [0.15, 0.2) is 11.6 Å². The molecule has 31 heavy (non-hydrogen) atoms.